The number of nitrogens with one attached hydrogen (secondary N) is 1. The van der Waals surface area contributed by atoms with Gasteiger partial charge in [0, 0.05) is 55.4 Å². The van der Waals surface area contributed by atoms with E-state index in [4.69, 9.17) is 4.74 Å². The summed E-state index contributed by atoms with van der Waals surface area (Å²) in [4.78, 5) is 42.2. The Kier molecular flexibility index (Phi) is 5.95. The average molecular weight is 435 g/mol. The quantitative estimate of drug-likeness (QED) is 0.359. The van der Waals surface area contributed by atoms with Gasteiger partial charge in [0.05, 0.1) is 18.1 Å². The molecule has 1 aromatic heterocycles. The number of hydrogen-bond acceptors (Lipinski definition) is 7. The molecule has 1 fully saturated rings. The maximum absolute atomic E-state index is 12.7. The molecule has 0 bridgehead atoms. The minimum Gasteiger partial charge on any atom is -0.378 e. The smallest absolute Gasteiger partial charge is 0.293 e. The number of rotatable bonds is 6. The average Bonchev–Trinajstić information content (AvgIpc) is 3.25. The number of benzene rings is 2. The molecule has 0 saturated carbocycles. The van der Waals surface area contributed by atoms with E-state index in [9.17, 15) is 19.7 Å². The Balaban J connectivity index is 1.50. The Hall–Kier alpha value is -4.05. The van der Waals surface area contributed by atoms with Gasteiger partial charge in [-0.3, -0.25) is 19.7 Å². The molecule has 10 nitrogen and oxygen atoms in total. The first-order valence-electron chi connectivity index (χ1n) is 9.98. The first kappa shape index (κ1) is 21.2. The number of anilines is 2. The van der Waals surface area contributed by atoms with Gasteiger partial charge in [-0.15, -0.1) is 0 Å². The van der Waals surface area contributed by atoms with Crippen LogP contribution < -0.4 is 10.2 Å². The molecule has 10 heteroatoms. The molecule has 1 aliphatic rings. The van der Waals surface area contributed by atoms with Crippen molar-refractivity contribution in [2.75, 3.05) is 36.5 Å². The molecule has 2 aromatic carbocycles. The monoisotopic (exact) mass is 435 g/mol. The van der Waals surface area contributed by atoms with Crippen LogP contribution in [-0.2, 0) is 11.8 Å². The van der Waals surface area contributed by atoms with Crippen LogP contribution in [0.5, 0.6) is 0 Å². The largest absolute Gasteiger partial charge is 0.378 e. The van der Waals surface area contributed by atoms with Crippen molar-refractivity contribution in [3.63, 3.8) is 0 Å². The molecule has 1 aliphatic heterocycles. The summed E-state index contributed by atoms with van der Waals surface area (Å²) in [6.45, 7) is 2.10. The molecule has 0 unspecified atom stereocenters. The second-order valence-electron chi connectivity index (χ2n) is 7.28. The molecule has 2 heterocycles. The highest BCUT2D eigenvalue weighted by Crippen LogP contribution is 2.30. The van der Waals surface area contributed by atoms with Gasteiger partial charge in [-0.1, -0.05) is 0 Å². The summed E-state index contributed by atoms with van der Waals surface area (Å²) in [5.41, 5.74) is 1.40. The fourth-order valence-electron chi connectivity index (χ4n) is 3.50. The summed E-state index contributed by atoms with van der Waals surface area (Å²) in [6, 6.07) is 10.8. The van der Waals surface area contributed by atoms with Gasteiger partial charge in [0.25, 0.3) is 11.6 Å². The number of aromatic nitrogens is 2. The lowest BCUT2D eigenvalue weighted by Gasteiger charge is -2.28. The predicted molar refractivity (Wildman–Crippen MR) is 117 cm³/mol. The van der Waals surface area contributed by atoms with Gasteiger partial charge in [0.2, 0.25) is 5.78 Å². The highest BCUT2D eigenvalue weighted by Gasteiger charge is 2.23. The maximum atomic E-state index is 12.7. The summed E-state index contributed by atoms with van der Waals surface area (Å²) in [5.74, 6) is -0.399. The molecule has 32 heavy (non-hydrogen) atoms. The van der Waals surface area contributed by atoms with E-state index in [2.05, 4.69) is 10.3 Å². The number of carbonyl (C=O) groups is 2. The molecule has 1 N–H and O–H groups in total. The number of nitrogens with zero attached hydrogens (tertiary/aromatic N) is 4. The Bertz CT molecular complexity index is 1170. The van der Waals surface area contributed by atoms with Crippen LogP contribution in [0.15, 0.2) is 54.9 Å². The molecule has 0 atom stereocenters. The van der Waals surface area contributed by atoms with E-state index >= 15 is 0 Å². The number of ether oxygens (including phenoxy) is 1. The van der Waals surface area contributed by atoms with Crippen LogP contribution in [-0.4, -0.2) is 52.5 Å². The highest BCUT2D eigenvalue weighted by molar-refractivity contribution is 6.08. The van der Waals surface area contributed by atoms with Crippen LogP contribution in [0.4, 0.5) is 17.1 Å². The lowest BCUT2D eigenvalue weighted by atomic mass is 10.1. The van der Waals surface area contributed by atoms with Crippen molar-refractivity contribution in [2.45, 2.75) is 0 Å². The Morgan fingerprint density at radius 2 is 1.78 bits per heavy atom. The van der Waals surface area contributed by atoms with Gasteiger partial charge in [0.15, 0.2) is 5.82 Å². The van der Waals surface area contributed by atoms with Crippen molar-refractivity contribution in [3.8, 4) is 0 Å². The molecule has 164 valence electrons. The van der Waals surface area contributed by atoms with Crippen LogP contribution in [0, 0.1) is 10.1 Å². The third-order valence-corrected chi connectivity index (χ3v) is 5.22. The van der Waals surface area contributed by atoms with E-state index in [1.807, 2.05) is 4.90 Å². The molecule has 0 spiro atoms. The van der Waals surface area contributed by atoms with Crippen LogP contribution in [0.1, 0.15) is 26.5 Å². The summed E-state index contributed by atoms with van der Waals surface area (Å²) >= 11 is 0. The van der Waals surface area contributed by atoms with Gasteiger partial charge < -0.3 is 19.5 Å². The number of nitro groups is 1. The van der Waals surface area contributed by atoms with Crippen LogP contribution >= 0.6 is 0 Å². The first-order valence-corrected chi connectivity index (χ1v) is 9.98. The van der Waals surface area contributed by atoms with Crippen LogP contribution in [0.2, 0.25) is 0 Å². The standard InChI is InChI=1S/C22H21N5O5/c1-25-9-8-23-21(25)20(28)15-2-5-17(6-3-15)24-22(29)16-4-7-18(19(14-16)27(30)31)26-10-12-32-13-11-26/h2-9,14H,10-13H2,1H3,(H,24,29). The number of ketones is 1. The van der Waals surface area contributed by atoms with Crippen LogP contribution in [0.25, 0.3) is 0 Å². The number of amides is 1. The number of carbonyl (C=O) groups excluding carboxylic acids is 2. The number of aryl methyl sites for hydroxylation is 1. The Morgan fingerprint density at radius 1 is 1.09 bits per heavy atom. The van der Waals surface area contributed by atoms with Crippen molar-refractivity contribution in [3.05, 3.63) is 81.9 Å². The van der Waals surface area contributed by atoms with E-state index in [0.717, 1.165) is 0 Å². The summed E-state index contributed by atoms with van der Waals surface area (Å²) < 4.78 is 6.93. The highest BCUT2D eigenvalue weighted by atomic mass is 16.6. The normalized spacial score (nSPS) is 13.6. The zero-order valence-corrected chi connectivity index (χ0v) is 17.4. The lowest BCUT2D eigenvalue weighted by molar-refractivity contribution is -0.384. The third kappa shape index (κ3) is 4.35. The topological polar surface area (TPSA) is 120 Å². The van der Waals surface area contributed by atoms with Gasteiger partial charge in [0.1, 0.15) is 5.69 Å². The van der Waals surface area contributed by atoms with Gasteiger partial charge >= 0.3 is 0 Å². The number of nitro benzene ring substituents is 1. The maximum Gasteiger partial charge on any atom is 0.293 e. The molecular formula is C22H21N5O5. The fraction of sp³-hybridized carbons (Fsp3) is 0.227. The van der Waals surface area contributed by atoms with Crippen molar-refractivity contribution >= 4 is 28.8 Å². The van der Waals surface area contributed by atoms with Crippen molar-refractivity contribution < 1.29 is 19.2 Å². The lowest BCUT2D eigenvalue weighted by Crippen LogP contribution is -2.36. The van der Waals surface area contributed by atoms with E-state index in [-0.39, 0.29) is 17.0 Å². The molecular weight excluding hydrogens is 414 g/mol. The SMILES string of the molecule is Cn1ccnc1C(=O)c1ccc(NC(=O)c2ccc(N3CCOCC3)c([N+](=O)[O-])c2)cc1. The van der Waals surface area contributed by atoms with Gasteiger partial charge in [-0.25, -0.2) is 4.98 Å². The Labute approximate surface area is 183 Å². The second-order valence-corrected chi connectivity index (χ2v) is 7.28. The van der Waals surface area contributed by atoms with Crippen molar-refractivity contribution in [1.82, 2.24) is 9.55 Å². The predicted octanol–water partition coefficient (Wildman–Crippen LogP) is 2.65. The van der Waals surface area contributed by atoms with E-state index < -0.39 is 10.8 Å². The fourth-order valence-corrected chi connectivity index (χ4v) is 3.50. The third-order valence-electron chi connectivity index (χ3n) is 5.22. The summed E-state index contributed by atoms with van der Waals surface area (Å²) in [7, 11) is 1.73. The molecule has 3 aromatic rings. The van der Waals surface area contributed by atoms with E-state index in [1.165, 1.54) is 6.07 Å². The first-order chi connectivity index (χ1) is 15.4. The van der Waals surface area contributed by atoms with E-state index in [0.29, 0.717) is 49.1 Å². The van der Waals surface area contributed by atoms with Gasteiger partial charge in [-0.05, 0) is 36.4 Å². The molecule has 1 amide bonds. The van der Waals surface area contributed by atoms with Crippen molar-refractivity contribution in [1.29, 1.82) is 0 Å². The minimum atomic E-state index is -0.487. The number of hydrogen-bond donors (Lipinski definition) is 1. The van der Waals surface area contributed by atoms with Crippen molar-refractivity contribution in [2.24, 2.45) is 7.05 Å². The number of morpholine rings is 1. The molecule has 1 saturated heterocycles. The summed E-state index contributed by atoms with van der Waals surface area (Å²) in [5, 5.41) is 14.3. The zero-order chi connectivity index (χ0) is 22.7. The molecule has 0 radical (unpaired) electrons. The Morgan fingerprint density at radius 3 is 2.41 bits per heavy atom. The zero-order valence-electron chi connectivity index (χ0n) is 17.4. The minimum absolute atomic E-state index is 0.129. The van der Waals surface area contributed by atoms with Gasteiger partial charge in [-0.2, -0.15) is 0 Å². The molecule has 0 aliphatic carbocycles. The number of imidazole rings is 1. The molecule has 4 rings (SSSR count). The van der Waals surface area contributed by atoms with Crippen LogP contribution in [0.3, 0.4) is 0 Å². The summed E-state index contributed by atoms with van der Waals surface area (Å²) in [6.07, 6.45) is 3.23. The van der Waals surface area contributed by atoms with E-state index in [1.54, 1.807) is 60.4 Å². The second kappa shape index (κ2) is 8.98.